The number of alkyl halides is 9. The number of esters is 3. The fourth-order valence-corrected chi connectivity index (χ4v) is 14.1. The molecule has 3 N–H and O–H groups in total. The highest BCUT2D eigenvalue weighted by atomic mass is 33.1. The Bertz CT molecular complexity index is 3040. The number of hydrogen-bond acceptors (Lipinski definition) is 23. The van der Waals surface area contributed by atoms with Gasteiger partial charge in [0.2, 0.25) is 0 Å². The number of methoxy groups -OCH3 is 1. The monoisotopic (exact) mass is 1300 g/mol. The Morgan fingerprint density at radius 3 is 1.04 bits per heavy atom. The van der Waals surface area contributed by atoms with Crippen molar-refractivity contribution in [3.63, 3.8) is 0 Å². The Kier molecular flexibility index (Phi) is 20.0. The smallest absolute Gasteiger partial charge is 0.464 e. The highest BCUT2D eigenvalue weighted by Gasteiger charge is 2.58. The molecular weight excluding hydrogens is 1250 g/mol. The van der Waals surface area contributed by atoms with Crippen molar-refractivity contribution in [3.8, 4) is 34.5 Å². The van der Waals surface area contributed by atoms with Gasteiger partial charge in [0.05, 0.1) is 65.2 Å². The van der Waals surface area contributed by atoms with E-state index < -0.39 is 226 Å². The van der Waals surface area contributed by atoms with Crippen molar-refractivity contribution in [2.24, 2.45) is 0 Å². The molecule has 3 aromatic carbocycles. The highest BCUT2D eigenvalue weighted by molar-refractivity contribution is 8.73. The summed E-state index contributed by atoms with van der Waals surface area (Å²) in [6, 6.07) is -0.272. The summed E-state index contributed by atoms with van der Waals surface area (Å²) in [6.07, 6.45) is -0.445. The van der Waals surface area contributed by atoms with Gasteiger partial charge in [0, 0.05) is 24.4 Å². The minimum absolute atomic E-state index is 0.236. The maximum Gasteiger partial charge on any atom is 0.507 e. The molecule has 82 heavy (non-hydrogen) atoms. The van der Waals surface area contributed by atoms with Crippen molar-refractivity contribution in [1.82, 2.24) is 16.0 Å². The lowest BCUT2D eigenvalue weighted by molar-refractivity contribution is -0.145. The van der Waals surface area contributed by atoms with Gasteiger partial charge >= 0.3 is 34.4 Å². The van der Waals surface area contributed by atoms with E-state index in [1.807, 2.05) is 0 Å². The molecule has 0 saturated heterocycles. The fourth-order valence-electron chi connectivity index (χ4n) is 8.08. The molecule has 0 aliphatic carbocycles. The van der Waals surface area contributed by atoms with Crippen LogP contribution in [0.3, 0.4) is 0 Å². The Hall–Kier alpha value is -5.93. The molecule has 0 unspecified atom stereocenters. The molecule has 23 nitrogen and oxygen atoms in total. The minimum atomic E-state index is -5.97. The average Bonchev–Trinajstić information content (AvgIpc) is 1.67. The predicted molar refractivity (Wildman–Crippen MR) is 268 cm³/mol. The molecule has 452 valence electrons. The lowest BCUT2D eigenvalue weighted by Gasteiger charge is -2.48. The van der Waals surface area contributed by atoms with Crippen molar-refractivity contribution in [2.75, 3.05) is 57.6 Å². The van der Waals surface area contributed by atoms with Crippen molar-refractivity contribution in [2.45, 2.75) is 67.3 Å². The second-order valence-corrected chi connectivity index (χ2v) is 28.5. The van der Waals surface area contributed by atoms with E-state index in [0.717, 1.165) is 36.4 Å². The Morgan fingerprint density at radius 1 is 0.512 bits per heavy atom. The van der Waals surface area contributed by atoms with Crippen LogP contribution < -0.4 is 30.2 Å². The minimum Gasteiger partial charge on any atom is -0.464 e. The second-order valence-electron chi connectivity index (χ2n) is 16.6. The molecule has 3 aliphatic heterocycles. The maximum atomic E-state index is 14.5. The SMILES string of the molecule is CCOC(=O)[C@@H](CSS(=O)(=O)C(F)(F)F)NC(=O)c1ccc2c3c1Oc1ccc(C(=O)N[C@H](CSS(=O)(=O)C(F)(F)F)C(=O)OCC)c4c1C3(CCOCOC)c1c(ccc(C(=O)N[C@H](CSS(=O)(=O)C(F)(F)F)C(=O)OCC)c1O2)O4. The van der Waals surface area contributed by atoms with Crippen LogP contribution in [0.15, 0.2) is 36.4 Å². The number of ether oxygens (including phenoxy) is 8. The second kappa shape index (κ2) is 25.1. The van der Waals surface area contributed by atoms with Crippen LogP contribution >= 0.6 is 32.4 Å². The summed E-state index contributed by atoms with van der Waals surface area (Å²) in [5.41, 5.74) is -22.0. The van der Waals surface area contributed by atoms with E-state index in [-0.39, 0.29) is 33.9 Å². The Balaban J connectivity index is 1.59. The molecule has 0 aromatic heterocycles. The molecule has 3 atom stereocenters. The Labute approximate surface area is 468 Å². The number of benzene rings is 3. The first-order chi connectivity index (χ1) is 38.1. The van der Waals surface area contributed by atoms with Crippen LogP contribution in [0.5, 0.6) is 34.5 Å². The third-order valence-electron chi connectivity index (χ3n) is 11.5. The molecule has 0 spiro atoms. The molecular formula is C44H42F9N3O20S6. The summed E-state index contributed by atoms with van der Waals surface area (Å²) in [5, 5.41) is 6.42. The van der Waals surface area contributed by atoms with Crippen LogP contribution in [0.4, 0.5) is 39.5 Å². The normalized spacial score (nSPS) is 15.2. The van der Waals surface area contributed by atoms with Crippen LogP contribution in [0.1, 0.15) is 75.0 Å². The zero-order valence-corrected chi connectivity index (χ0v) is 47.0. The quantitative estimate of drug-likeness (QED) is 0.0160. The van der Waals surface area contributed by atoms with Crippen LogP contribution in [0.2, 0.25) is 0 Å². The van der Waals surface area contributed by atoms with E-state index in [1.54, 1.807) is 0 Å². The van der Waals surface area contributed by atoms with E-state index in [2.05, 4.69) is 16.0 Å². The molecule has 38 heteroatoms. The van der Waals surface area contributed by atoms with E-state index in [1.165, 1.54) is 27.9 Å². The number of rotatable bonds is 26. The number of carbonyl (C=O) groups excluding carboxylic acids is 6. The van der Waals surface area contributed by atoms with Crippen molar-refractivity contribution in [3.05, 3.63) is 69.8 Å². The van der Waals surface area contributed by atoms with Gasteiger partial charge in [-0.15, -0.1) is 0 Å². The van der Waals surface area contributed by atoms with Gasteiger partial charge in [0.25, 0.3) is 44.3 Å². The van der Waals surface area contributed by atoms with Gasteiger partial charge in [-0.2, -0.15) is 39.5 Å². The number of amides is 3. The lowest BCUT2D eigenvalue weighted by atomic mass is 9.62. The molecule has 0 radical (unpaired) electrons. The fraction of sp³-hybridized carbons (Fsp3) is 0.455. The molecule has 0 fully saturated rings. The average molecular weight is 1300 g/mol. The molecule has 3 heterocycles. The van der Waals surface area contributed by atoms with E-state index in [4.69, 9.17) is 37.9 Å². The van der Waals surface area contributed by atoms with Gasteiger partial charge in [-0.05, 0) is 96.0 Å². The van der Waals surface area contributed by atoms with E-state index in [9.17, 15) is 93.5 Å². The zero-order valence-electron chi connectivity index (χ0n) is 42.1. The molecule has 0 bridgehead atoms. The van der Waals surface area contributed by atoms with Gasteiger partial charge in [-0.1, -0.05) is 0 Å². The van der Waals surface area contributed by atoms with Crippen LogP contribution in [0, 0.1) is 0 Å². The summed E-state index contributed by atoms with van der Waals surface area (Å²) in [6.45, 7) is 1.77. The molecule has 0 saturated carbocycles. The standard InChI is InChI=1S/C44H42F9N3O20S6/c1-5-71-38(60)23(16-77-80(63,64)42(45,46)47)54-35(57)20-8-11-26-29-32(20)74-27-12-9-21(36(58)55-24(39(61)72-6-2)17-78-81(65,66)43(48,49)50)33-30(27)41(29,14-15-70-19-69-4)31-28(76-33)13-10-22(34(31)75-26)37(59)56-25(40(62)73-7-3)18-79-82(67,68)44(51,52)53/h8-13,23-25H,5-7,14-19H2,1-4H3,(H,54,57)(H,55,58)(H,56,59)/t23-,24-,25-,41?/m1/s1. The van der Waals surface area contributed by atoms with E-state index >= 15 is 0 Å². The van der Waals surface area contributed by atoms with Crippen molar-refractivity contribution >= 4 is 94.6 Å². The maximum absolute atomic E-state index is 14.5. The summed E-state index contributed by atoms with van der Waals surface area (Å²) >= 11 is 0. The number of carbonyl (C=O) groups is 6. The van der Waals surface area contributed by atoms with E-state index in [0.29, 0.717) is 0 Å². The number of nitrogens with one attached hydrogen (secondary N) is 3. The highest BCUT2D eigenvalue weighted by Crippen LogP contribution is 2.69. The van der Waals surface area contributed by atoms with Crippen LogP contribution in [0.25, 0.3) is 0 Å². The van der Waals surface area contributed by atoms with Gasteiger partial charge in [0.15, 0.2) is 0 Å². The van der Waals surface area contributed by atoms with Crippen LogP contribution in [-0.4, -0.2) is 153 Å². The zero-order chi connectivity index (χ0) is 61.1. The number of hydrogen-bond donors (Lipinski definition) is 3. The molecule has 3 aromatic rings. The van der Waals surface area contributed by atoms with Gasteiger partial charge < -0.3 is 53.8 Å². The Morgan fingerprint density at radius 2 is 0.793 bits per heavy atom. The molecule has 3 aliphatic rings. The predicted octanol–water partition coefficient (Wildman–Crippen LogP) is 6.08. The van der Waals surface area contributed by atoms with Crippen molar-refractivity contribution < 1.29 is 131 Å². The molecule has 6 rings (SSSR count). The van der Waals surface area contributed by atoms with Gasteiger partial charge in [0.1, 0.15) is 59.4 Å². The summed E-state index contributed by atoms with van der Waals surface area (Å²) in [4.78, 5) is 82.8. The van der Waals surface area contributed by atoms with Crippen LogP contribution in [-0.2, 0) is 70.1 Å². The third kappa shape index (κ3) is 13.4. The molecule has 3 amide bonds. The number of halogens is 9. The first kappa shape index (κ1) is 65.2. The summed E-state index contributed by atoms with van der Waals surface area (Å²) < 4.78 is 238. The largest absolute Gasteiger partial charge is 0.507 e. The lowest BCUT2D eigenvalue weighted by Crippen LogP contribution is -2.46. The summed E-state index contributed by atoms with van der Waals surface area (Å²) in [5.74, 6) is -14.7. The van der Waals surface area contributed by atoms with Gasteiger partial charge in [-0.3, -0.25) is 14.4 Å². The topological polar surface area (TPSA) is 315 Å². The van der Waals surface area contributed by atoms with Gasteiger partial charge in [-0.25, -0.2) is 39.6 Å². The van der Waals surface area contributed by atoms with Crippen molar-refractivity contribution in [1.29, 1.82) is 0 Å². The third-order valence-corrected chi connectivity index (χ3v) is 21.2. The summed E-state index contributed by atoms with van der Waals surface area (Å²) in [7, 11) is -19.0. The first-order valence-electron chi connectivity index (χ1n) is 23.0. The first-order valence-corrected chi connectivity index (χ1v) is 32.0.